The van der Waals surface area contributed by atoms with Gasteiger partial charge in [0.05, 0.1) is 17.0 Å². The van der Waals surface area contributed by atoms with Crippen molar-refractivity contribution in [2.75, 3.05) is 18.5 Å². The van der Waals surface area contributed by atoms with Crippen LogP contribution in [0.1, 0.15) is 17.7 Å². The van der Waals surface area contributed by atoms with Crippen LogP contribution in [0.2, 0.25) is 0 Å². The molecule has 0 spiro atoms. The van der Waals surface area contributed by atoms with Crippen LogP contribution in [-0.2, 0) is 27.5 Å². The molecule has 124 valence electrons. The van der Waals surface area contributed by atoms with Crippen molar-refractivity contribution in [3.8, 4) is 0 Å². The predicted octanol–water partition coefficient (Wildman–Crippen LogP) is 1.42. The van der Waals surface area contributed by atoms with Gasteiger partial charge < -0.3 is 11.1 Å². The first-order valence-electron chi connectivity index (χ1n) is 7.10. The number of aryl methyl sites for hydroxylation is 1. The van der Waals surface area contributed by atoms with E-state index in [9.17, 15) is 13.2 Å². The number of nitrogen functional groups attached to an aromatic ring is 1. The van der Waals surface area contributed by atoms with E-state index in [1.165, 1.54) is 23.5 Å². The van der Waals surface area contributed by atoms with E-state index in [1.54, 1.807) is 12.1 Å². The fourth-order valence-corrected chi connectivity index (χ4v) is 3.26. The molecule has 2 aromatic rings. The molecule has 0 saturated carbocycles. The summed E-state index contributed by atoms with van der Waals surface area (Å²) in [5, 5.41) is 5.31. The van der Waals surface area contributed by atoms with Crippen LogP contribution in [0.25, 0.3) is 0 Å². The smallest absolute Gasteiger partial charge is 0.224 e. The largest absolute Gasteiger partial charge is 0.375 e. The van der Waals surface area contributed by atoms with Crippen molar-refractivity contribution in [1.29, 1.82) is 0 Å². The molecule has 0 aliphatic carbocycles. The molecule has 6 nitrogen and oxygen atoms in total. The third kappa shape index (κ3) is 5.65. The number of aromatic nitrogens is 1. The van der Waals surface area contributed by atoms with Gasteiger partial charge in [-0.15, -0.1) is 11.3 Å². The zero-order chi connectivity index (χ0) is 16.9. The normalized spacial score (nSPS) is 11.3. The number of nitrogens with one attached hydrogen (secondary N) is 1. The average Bonchev–Trinajstić information content (AvgIpc) is 2.89. The first-order chi connectivity index (χ1) is 10.8. The summed E-state index contributed by atoms with van der Waals surface area (Å²) in [7, 11) is -3.20. The monoisotopic (exact) mass is 353 g/mol. The minimum Gasteiger partial charge on any atom is -0.375 e. The molecule has 0 fully saturated rings. The molecule has 0 radical (unpaired) electrons. The molecule has 0 aliphatic heterocycles. The second kappa shape index (κ2) is 7.56. The Balaban J connectivity index is 1.74. The van der Waals surface area contributed by atoms with Gasteiger partial charge >= 0.3 is 0 Å². The van der Waals surface area contributed by atoms with Crippen LogP contribution in [0.4, 0.5) is 5.13 Å². The molecule has 0 atom stereocenters. The van der Waals surface area contributed by atoms with Crippen molar-refractivity contribution in [3.05, 3.63) is 40.9 Å². The Labute approximate surface area is 139 Å². The summed E-state index contributed by atoms with van der Waals surface area (Å²) < 4.78 is 22.7. The highest BCUT2D eigenvalue weighted by molar-refractivity contribution is 7.90. The average molecular weight is 353 g/mol. The van der Waals surface area contributed by atoms with Crippen molar-refractivity contribution in [2.24, 2.45) is 0 Å². The predicted molar refractivity (Wildman–Crippen MR) is 91.1 cm³/mol. The number of amides is 1. The minimum absolute atomic E-state index is 0.0881. The standard InChI is InChI=1S/C15H19N3O3S2/c1-23(20,21)13-6-4-11(5-7-13)9-14(19)17-8-2-3-12-10-22-15(16)18-12/h4-7,10H,2-3,8-9H2,1H3,(H2,16,18)(H,17,19). The molecular formula is C15H19N3O3S2. The third-order valence-corrected chi connectivity index (χ3v) is 5.07. The first kappa shape index (κ1) is 17.4. The van der Waals surface area contributed by atoms with E-state index in [1.807, 2.05) is 5.38 Å². The van der Waals surface area contributed by atoms with Crippen LogP contribution in [0.15, 0.2) is 34.5 Å². The number of sulfone groups is 1. The van der Waals surface area contributed by atoms with Gasteiger partial charge in [-0.25, -0.2) is 13.4 Å². The van der Waals surface area contributed by atoms with Gasteiger partial charge in [0.2, 0.25) is 5.91 Å². The number of thiazole rings is 1. The van der Waals surface area contributed by atoms with Crippen molar-refractivity contribution >= 4 is 32.2 Å². The lowest BCUT2D eigenvalue weighted by molar-refractivity contribution is -0.120. The van der Waals surface area contributed by atoms with Crippen molar-refractivity contribution in [1.82, 2.24) is 10.3 Å². The van der Waals surface area contributed by atoms with Crippen LogP contribution in [0.3, 0.4) is 0 Å². The van der Waals surface area contributed by atoms with Gasteiger partial charge in [-0.2, -0.15) is 0 Å². The molecule has 2 rings (SSSR count). The maximum Gasteiger partial charge on any atom is 0.224 e. The van der Waals surface area contributed by atoms with Crippen LogP contribution < -0.4 is 11.1 Å². The highest BCUT2D eigenvalue weighted by atomic mass is 32.2. The second-order valence-corrected chi connectivity index (χ2v) is 8.13. The van der Waals surface area contributed by atoms with E-state index >= 15 is 0 Å². The summed E-state index contributed by atoms with van der Waals surface area (Å²) >= 11 is 1.41. The van der Waals surface area contributed by atoms with Crippen LogP contribution >= 0.6 is 11.3 Å². The molecule has 0 bridgehead atoms. The third-order valence-electron chi connectivity index (χ3n) is 3.22. The number of carbonyl (C=O) groups is 1. The quantitative estimate of drug-likeness (QED) is 0.733. The van der Waals surface area contributed by atoms with Crippen LogP contribution in [-0.4, -0.2) is 32.1 Å². The lowest BCUT2D eigenvalue weighted by atomic mass is 10.1. The second-order valence-electron chi connectivity index (χ2n) is 5.22. The van der Waals surface area contributed by atoms with Gasteiger partial charge in [0.15, 0.2) is 15.0 Å². The summed E-state index contributed by atoms with van der Waals surface area (Å²) in [6.45, 7) is 0.567. The SMILES string of the molecule is CS(=O)(=O)c1ccc(CC(=O)NCCCc2csc(N)n2)cc1. The zero-order valence-corrected chi connectivity index (χ0v) is 14.4. The summed E-state index contributed by atoms with van der Waals surface area (Å²) in [5.41, 5.74) is 7.28. The molecule has 0 aliphatic rings. The molecule has 1 aromatic heterocycles. The van der Waals surface area contributed by atoms with E-state index in [0.29, 0.717) is 11.7 Å². The van der Waals surface area contributed by atoms with E-state index in [0.717, 1.165) is 30.4 Å². The Hall–Kier alpha value is -1.93. The molecule has 1 heterocycles. The number of anilines is 1. The Morgan fingerprint density at radius 1 is 1.30 bits per heavy atom. The summed E-state index contributed by atoms with van der Waals surface area (Å²) in [5.74, 6) is -0.0881. The lowest BCUT2D eigenvalue weighted by Gasteiger charge is -2.05. The van der Waals surface area contributed by atoms with Gasteiger partial charge in [-0.05, 0) is 30.5 Å². The van der Waals surface area contributed by atoms with E-state index < -0.39 is 9.84 Å². The van der Waals surface area contributed by atoms with Gasteiger partial charge in [-0.1, -0.05) is 12.1 Å². The maximum absolute atomic E-state index is 11.8. The first-order valence-corrected chi connectivity index (χ1v) is 9.87. The van der Waals surface area contributed by atoms with E-state index in [-0.39, 0.29) is 17.2 Å². The lowest BCUT2D eigenvalue weighted by Crippen LogP contribution is -2.26. The van der Waals surface area contributed by atoms with Crippen LogP contribution in [0, 0.1) is 0 Å². The van der Waals surface area contributed by atoms with E-state index in [4.69, 9.17) is 5.73 Å². The number of nitrogens with two attached hydrogens (primary N) is 1. The fourth-order valence-electron chi connectivity index (χ4n) is 2.04. The van der Waals surface area contributed by atoms with Crippen LogP contribution in [0.5, 0.6) is 0 Å². The Bertz CT molecular complexity index is 768. The Kier molecular flexibility index (Phi) is 5.73. The van der Waals surface area contributed by atoms with E-state index in [2.05, 4.69) is 10.3 Å². The number of carbonyl (C=O) groups excluding carboxylic acids is 1. The number of hydrogen-bond acceptors (Lipinski definition) is 6. The molecule has 0 saturated heterocycles. The summed E-state index contributed by atoms with van der Waals surface area (Å²) in [6.07, 6.45) is 2.96. The highest BCUT2D eigenvalue weighted by Gasteiger charge is 2.08. The number of hydrogen-bond donors (Lipinski definition) is 2. The zero-order valence-electron chi connectivity index (χ0n) is 12.8. The highest BCUT2D eigenvalue weighted by Crippen LogP contribution is 2.12. The number of nitrogens with zero attached hydrogens (tertiary/aromatic N) is 1. The van der Waals surface area contributed by atoms with Crippen molar-refractivity contribution in [3.63, 3.8) is 0 Å². The molecule has 1 aromatic carbocycles. The van der Waals surface area contributed by atoms with Gasteiger partial charge in [0, 0.05) is 18.2 Å². The molecule has 8 heteroatoms. The molecule has 0 unspecified atom stereocenters. The summed E-state index contributed by atoms with van der Waals surface area (Å²) in [4.78, 5) is 16.3. The molecule has 1 amide bonds. The van der Waals surface area contributed by atoms with Gasteiger partial charge in [0.1, 0.15) is 0 Å². The number of rotatable bonds is 7. The molecule has 23 heavy (non-hydrogen) atoms. The minimum atomic E-state index is -3.20. The Morgan fingerprint density at radius 3 is 2.57 bits per heavy atom. The summed E-state index contributed by atoms with van der Waals surface area (Å²) in [6, 6.07) is 6.36. The molecule has 3 N–H and O–H groups in total. The van der Waals surface area contributed by atoms with Gasteiger partial charge in [-0.3, -0.25) is 4.79 Å². The maximum atomic E-state index is 11.8. The topological polar surface area (TPSA) is 102 Å². The van der Waals surface area contributed by atoms with Crippen molar-refractivity contribution < 1.29 is 13.2 Å². The fraction of sp³-hybridized carbons (Fsp3) is 0.333. The Morgan fingerprint density at radius 2 is 2.00 bits per heavy atom. The number of benzene rings is 1. The van der Waals surface area contributed by atoms with Crippen molar-refractivity contribution in [2.45, 2.75) is 24.2 Å². The molecular weight excluding hydrogens is 334 g/mol. The van der Waals surface area contributed by atoms with Gasteiger partial charge in [0.25, 0.3) is 0 Å².